The van der Waals surface area contributed by atoms with E-state index in [1.165, 1.54) is 22.4 Å². The predicted octanol–water partition coefficient (Wildman–Crippen LogP) is 3.86. The summed E-state index contributed by atoms with van der Waals surface area (Å²) in [5.74, 6) is 1.35. The molecule has 0 bridgehead atoms. The highest BCUT2D eigenvalue weighted by Crippen LogP contribution is 2.34. The fraction of sp³-hybridized carbons (Fsp3) is 0.500. The molecule has 0 radical (unpaired) electrons. The molecule has 0 N–H and O–H groups in total. The smallest absolute Gasteiger partial charge is 0.120 e. The number of hydrogen-bond donors (Lipinski definition) is 0. The van der Waals surface area contributed by atoms with Crippen molar-refractivity contribution < 1.29 is 18.9 Å². The van der Waals surface area contributed by atoms with Gasteiger partial charge in [-0.15, -0.1) is 0 Å². The summed E-state index contributed by atoms with van der Waals surface area (Å²) < 4.78 is 22.1. The second kappa shape index (κ2) is 7.98. The summed E-state index contributed by atoms with van der Waals surface area (Å²) in [6.07, 6.45) is 0.995. The van der Waals surface area contributed by atoms with Gasteiger partial charge in [0.2, 0.25) is 0 Å². The Hall–Kier alpha value is -2.08. The van der Waals surface area contributed by atoms with Crippen LogP contribution in [0.3, 0.4) is 0 Å². The minimum absolute atomic E-state index is 0.263. The molecule has 0 saturated carbocycles. The van der Waals surface area contributed by atoms with Crippen molar-refractivity contribution >= 4 is 5.69 Å². The molecule has 5 rings (SSSR count). The van der Waals surface area contributed by atoms with Crippen LogP contribution in [0.15, 0.2) is 42.5 Å². The lowest BCUT2D eigenvalue weighted by Crippen LogP contribution is -2.31. The lowest BCUT2D eigenvalue weighted by atomic mass is 9.92. The first kappa shape index (κ1) is 18.9. The molecular formula is C24H29NO4. The average molecular weight is 395 g/mol. The second-order valence-electron chi connectivity index (χ2n) is 8.53. The molecule has 29 heavy (non-hydrogen) atoms. The third kappa shape index (κ3) is 4.92. The summed E-state index contributed by atoms with van der Waals surface area (Å²) in [6, 6.07) is 15.3. The highest BCUT2D eigenvalue weighted by molar-refractivity contribution is 5.71. The molecule has 0 aromatic heterocycles. The summed E-state index contributed by atoms with van der Waals surface area (Å²) in [5, 5.41) is 0. The largest absolute Gasteiger partial charge is 0.491 e. The number of benzene rings is 2. The van der Waals surface area contributed by atoms with Gasteiger partial charge in [-0.3, -0.25) is 0 Å². The zero-order chi connectivity index (χ0) is 19.8. The van der Waals surface area contributed by atoms with E-state index in [0.717, 1.165) is 38.7 Å². The molecule has 3 atom stereocenters. The predicted molar refractivity (Wildman–Crippen MR) is 113 cm³/mol. The molecule has 3 aliphatic rings. The third-order valence-electron chi connectivity index (χ3n) is 5.68. The fourth-order valence-corrected chi connectivity index (χ4v) is 3.71. The average Bonchev–Trinajstić information content (AvgIpc) is 3.58. The summed E-state index contributed by atoms with van der Waals surface area (Å²) in [5.41, 5.74) is 5.02. The van der Waals surface area contributed by atoms with E-state index in [0.29, 0.717) is 24.7 Å². The fourth-order valence-electron chi connectivity index (χ4n) is 3.71. The van der Waals surface area contributed by atoms with Gasteiger partial charge in [0.15, 0.2) is 0 Å². The van der Waals surface area contributed by atoms with Gasteiger partial charge in [0.05, 0.1) is 32.0 Å². The highest BCUT2D eigenvalue weighted by Gasteiger charge is 2.31. The lowest BCUT2D eigenvalue weighted by molar-refractivity contribution is 0.263. The Kier molecular flexibility index (Phi) is 5.20. The number of ether oxygens (including phenoxy) is 4. The van der Waals surface area contributed by atoms with Crippen LogP contribution in [0.4, 0.5) is 5.69 Å². The first-order valence-corrected chi connectivity index (χ1v) is 10.6. The van der Waals surface area contributed by atoms with E-state index in [1.54, 1.807) is 0 Å². The highest BCUT2D eigenvalue weighted by atomic mass is 16.6. The zero-order valence-corrected chi connectivity index (χ0v) is 17.2. The summed E-state index contributed by atoms with van der Waals surface area (Å²) in [7, 11) is 0. The van der Waals surface area contributed by atoms with Crippen LogP contribution < -0.4 is 9.64 Å². The van der Waals surface area contributed by atoms with Crippen LogP contribution in [0.5, 0.6) is 5.75 Å². The van der Waals surface area contributed by atoms with E-state index >= 15 is 0 Å². The monoisotopic (exact) mass is 395 g/mol. The Balaban J connectivity index is 1.37. The molecule has 3 heterocycles. The molecule has 3 saturated heterocycles. The molecule has 3 fully saturated rings. The summed E-state index contributed by atoms with van der Waals surface area (Å²) >= 11 is 0. The number of nitrogens with zero attached hydrogens (tertiary/aromatic N) is 1. The second-order valence-corrected chi connectivity index (χ2v) is 8.53. The van der Waals surface area contributed by atoms with Gasteiger partial charge >= 0.3 is 0 Å². The molecule has 5 nitrogen and oxygen atoms in total. The van der Waals surface area contributed by atoms with E-state index in [-0.39, 0.29) is 6.10 Å². The molecule has 3 aliphatic heterocycles. The van der Waals surface area contributed by atoms with Gasteiger partial charge in [-0.25, -0.2) is 0 Å². The number of rotatable bonds is 10. The summed E-state index contributed by atoms with van der Waals surface area (Å²) in [6.45, 7) is 9.52. The number of anilines is 1. The molecule has 154 valence electrons. The maximum absolute atomic E-state index is 5.93. The molecule has 0 amide bonds. The molecule has 2 aromatic rings. The quantitative estimate of drug-likeness (QED) is 0.572. The van der Waals surface area contributed by atoms with Gasteiger partial charge in [0.25, 0.3) is 0 Å². The Morgan fingerprint density at radius 2 is 1.52 bits per heavy atom. The standard InChI is InChI=1S/C24H29NO4/c1-16(2)23-8-7-19(26-14-22-15-29-22)9-24(23)17-3-5-18(6-4-17)25(10-20-12-27-20)11-21-13-28-21/h3-9,16,20-22H,10-15H2,1-2H3. The normalized spacial score (nSPS) is 24.4. The van der Waals surface area contributed by atoms with E-state index in [2.05, 4.69) is 61.2 Å². The van der Waals surface area contributed by atoms with Crippen LogP contribution in [0.2, 0.25) is 0 Å². The van der Waals surface area contributed by atoms with E-state index in [4.69, 9.17) is 18.9 Å². The van der Waals surface area contributed by atoms with Gasteiger partial charge in [0.1, 0.15) is 18.5 Å². The Bertz CT molecular complexity index is 824. The van der Waals surface area contributed by atoms with Gasteiger partial charge in [-0.1, -0.05) is 32.0 Å². The van der Waals surface area contributed by atoms with Crippen LogP contribution in [0.25, 0.3) is 11.1 Å². The molecule has 0 spiro atoms. The zero-order valence-electron chi connectivity index (χ0n) is 17.2. The Morgan fingerprint density at radius 1 is 0.897 bits per heavy atom. The minimum atomic E-state index is 0.263. The van der Waals surface area contributed by atoms with E-state index in [1.807, 2.05) is 0 Å². The van der Waals surface area contributed by atoms with Gasteiger partial charge in [-0.05, 0) is 46.9 Å². The Morgan fingerprint density at radius 3 is 2.07 bits per heavy atom. The molecule has 5 heteroatoms. The lowest BCUT2D eigenvalue weighted by Gasteiger charge is -2.24. The van der Waals surface area contributed by atoms with Crippen molar-refractivity contribution in [2.75, 3.05) is 44.4 Å². The first-order chi connectivity index (χ1) is 14.2. The van der Waals surface area contributed by atoms with Crippen molar-refractivity contribution in [3.63, 3.8) is 0 Å². The van der Waals surface area contributed by atoms with Crippen LogP contribution >= 0.6 is 0 Å². The Labute approximate surface area is 172 Å². The van der Waals surface area contributed by atoms with Crippen molar-refractivity contribution in [1.82, 2.24) is 0 Å². The maximum Gasteiger partial charge on any atom is 0.120 e. The van der Waals surface area contributed by atoms with Crippen molar-refractivity contribution in [2.24, 2.45) is 0 Å². The molecular weight excluding hydrogens is 366 g/mol. The van der Waals surface area contributed by atoms with Crippen molar-refractivity contribution in [3.05, 3.63) is 48.0 Å². The third-order valence-corrected chi connectivity index (χ3v) is 5.68. The molecule has 0 aliphatic carbocycles. The first-order valence-electron chi connectivity index (χ1n) is 10.6. The van der Waals surface area contributed by atoms with Gasteiger partial charge in [0, 0.05) is 18.8 Å². The summed E-state index contributed by atoms with van der Waals surface area (Å²) in [4.78, 5) is 2.39. The molecule has 3 unspecified atom stereocenters. The number of epoxide rings is 3. The van der Waals surface area contributed by atoms with Crippen LogP contribution in [0, 0.1) is 0 Å². The van der Waals surface area contributed by atoms with E-state index < -0.39 is 0 Å². The van der Waals surface area contributed by atoms with Crippen molar-refractivity contribution in [1.29, 1.82) is 0 Å². The topological polar surface area (TPSA) is 50.1 Å². The molecule has 2 aromatic carbocycles. The van der Waals surface area contributed by atoms with Gasteiger partial charge in [-0.2, -0.15) is 0 Å². The van der Waals surface area contributed by atoms with Gasteiger partial charge < -0.3 is 23.8 Å². The van der Waals surface area contributed by atoms with Crippen molar-refractivity contribution in [2.45, 2.75) is 38.1 Å². The SMILES string of the molecule is CC(C)c1ccc(OCC2CO2)cc1-c1ccc(N(CC2CO2)CC2CO2)cc1. The van der Waals surface area contributed by atoms with Crippen LogP contribution in [-0.2, 0) is 14.2 Å². The van der Waals surface area contributed by atoms with Crippen molar-refractivity contribution in [3.8, 4) is 16.9 Å². The number of hydrogen-bond acceptors (Lipinski definition) is 5. The van der Waals surface area contributed by atoms with Crippen LogP contribution in [0.1, 0.15) is 25.3 Å². The maximum atomic E-state index is 5.93. The van der Waals surface area contributed by atoms with Crippen LogP contribution in [-0.4, -0.2) is 57.8 Å². The minimum Gasteiger partial charge on any atom is -0.491 e. The van der Waals surface area contributed by atoms with E-state index in [9.17, 15) is 0 Å².